The Bertz CT molecular complexity index is 721. The fraction of sp³-hybridized carbons (Fsp3) is 0.545. The third kappa shape index (κ3) is 4.54. The van der Waals surface area contributed by atoms with E-state index in [2.05, 4.69) is 57.0 Å². The van der Waals surface area contributed by atoms with E-state index < -0.39 is 0 Å². The first-order valence-electron chi connectivity index (χ1n) is 10.2. The standard InChI is InChI=1S/C22H30N4O/c1-2-6-22-23-11-18(12-24-22)13-25-15-20-10-21(27)16-26(20)14-19(25)9-17-7-4-3-5-8-17/h3-5,7-8,11-12,19-21,27H,2,6,9-10,13-16H2,1H3/t19-,20+,21-/m1/s1. The van der Waals surface area contributed by atoms with Gasteiger partial charge in [0, 0.05) is 62.6 Å². The van der Waals surface area contributed by atoms with Crippen LogP contribution in [-0.4, -0.2) is 62.7 Å². The predicted octanol–water partition coefficient (Wildman–Crippen LogP) is 2.29. The molecule has 0 amide bonds. The Morgan fingerprint density at radius 3 is 2.56 bits per heavy atom. The van der Waals surface area contributed by atoms with Crippen molar-refractivity contribution < 1.29 is 5.11 Å². The van der Waals surface area contributed by atoms with E-state index in [0.717, 1.165) is 57.7 Å². The average molecular weight is 367 g/mol. The van der Waals surface area contributed by atoms with Crippen molar-refractivity contribution in [2.45, 2.75) is 57.3 Å². The third-order valence-electron chi connectivity index (χ3n) is 5.84. The normalized spacial score (nSPS) is 26.2. The Morgan fingerprint density at radius 2 is 1.81 bits per heavy atom. The summed E-state index contributed by atoms with van der Waals surface area (Å²) in [4.78, 5) is 14.1. The van der Waals surface area contributed by atoms with Gasteiger partial charge in [-0.25, -0.2) is 9.97 Å². The second kappa shape index (κ2) is 8.46. The second-order valence-corrected chi connectivity index (χ2v) is 8.03. The monoisotopic (exact) mass is 366 g/mol. The first-order chi connectivity index (χ1) is 13.2. The number of fused-ring (bicyclic) bond motifs is 1. The number of nitrogens with zero attached hydrogens (tertiary/aromatic N) is 4. The lowest BCUT2D eigenvalue weighted by atomic mass is 9.99. The lowest BCUT2D eigenvalue weighted by Crippen LogP contribution is -2.56. The average Bonchev–Trinajstić information content (AvgIpc) is 3.03. The molecule has 3 heterocycles. The van der Waals surface area contributed by atoms with Crippen molar-refractivity contribution in [3.8, 4) is 0 Å². The van der Waals surface area contributed by atoms with Crippen molar-refractivity contribution in [2.75, 3.05) is 19.6 Å². The number of aromatic nitrogens is 2. The van der Waals surface area contributed by atoms with Gasteiger partial charge in [-0.2, -0.15) is 0 Å². The molecule has 0 saturated carbocycles. The van der Waals surface area contributed by atoms with Crippen LogP contribution in [0.4, 0.5) is 0 Å². The topological polar surface area (TPSA) is 52.5 Å². The van der Waals surface area contributed by atoms with E-state index in [9.17, 15) is 5.11 Å². The van der Waals surface area contributed by atoms with Crippen LogP contribution in [0.3, 0.4) is 0 Å². The molecular formula is C22H30N4O. The zero-order valence-corrected chi connectivity index (χ0v) is 16.2. The molecule has 2 saturated heterocycles. The van der Waals surface area contributed by atoms with E-state index in [1.807, 2.05) is 12.4 Å². The number of aliphatic hydroxyl groups is 1. The first-order valence-corrected chi connectivity index (χ1v) is 10.2. The molecule has 0 spiro atoms. The largest absolute Gasteiger partial charge is 0.392 e. The number of aliphatic hydroxyl groups excluding tert-OH is 1. The molecule has 27 heavy (non-hydrogen) atoms. The van der Waals surface area contributed by atoms with Crippen molar-refractivity contribution >= 4 is 0 Å². The summed E-state index contributed by atoms with van der Waals surface area (Å²) in [6.45, 7) is 5.88. The van der Waals surface area contributed by atoms with Gasteiger partial charge in [0.05, 0.1) is 6.10 Å². The number of piperazine rings is 1. The van der Waals surface area contributed by atoms with Crippen LogP contribution in [0.15, 0.2) is 42.7 Å². The van der Waals surface area contributed by atoms with E-state index >= 15 is 0 Å². The summed E-state index contributed by atoms with van der Waals surface area (Å²) in [5.74, 6) is 0.936. The lowest BCUT2D eigenvalue weighted by molar-refractivity contribution is 0.0443. The van der Waals surface area contributed by atoms with Crippen LogP contribution in [0, 0.1) is 0 Å². The van der Waals surface area contributed by atoms with Gasteiger partial charge < -0.3 is 5.11 Å². The van der Waals surface area contributed by atoms with Crippen molar-refractivity contribution in [1.29, 1.82) is 0 Å². The smallest absolute Gasteiger partial charge is 0.128 e. The summed E-state index contributed by atoms with van der Waals surface area (Å²) in [6, 6.07) is 11.6. The highest BCUT2D eigenvalue weighted by atomic mass is 16.3. The molecule has 2 aliphatic heterocycles. The van der Waals surface area contributed by atoms with Crippen molar-refractivity contribution in [1.82, 2.24) is 19.8 Å². The molecule has 0 unspecified atom stereocenters. The third-order valence-corrected chi connectivity index (χ3v) is 5.84. The molecule has 2 aromatic rings. The summed E-state index contributed by atoms with van der Waals surface area (Å²) < 4.78 is 0. The maximum Gasteiger partial charge on any atom is 0.128 e. The van der Waals surface area contributed by atoms with Crippen molar-refractivity contribution in [3.05, 3.63) is 59.7 Å². The minimum Gasteiger partial charge on any atom is -0.392 e. The first kappa shape index (κ1) is 18.5. The quantitative estimate of drug-likeness (QED) is 0.850. The van der Waals surface area contributed by atoms with Gasteiger partial charge in [0.1, 0.15) is 5.82 Å². The number of aryl methyl sites for hydroxylation is 1. The number of benzene rings is 1. The molecule has 4 rings (SSSR count). The Morgan fingerprint density at radius 1 is 1.04 bits per heavy atom. The van der Waals surface area contributed by atoms with E-state index in [4.69, 9.17) is 0 Å². The Labute approximate surface area is 162 Å². The van der Waals surface area contributed by atoms with Crippen molar-refractivity contribution in [2.24, 2.45) is 0 Å². The van der Waals surface area contributed by atoms with Gasteiger partial charge >= 0.3 is 0 Å². The molecule has 3 atom stereocenters. The van der Waals surface area contributed by atoms with Crippen molar-refractivity contribution in [3.63, 3.8) is 0 Å². The summed E-state index contributed by atoms with van der Waals surface area (Å²) in [5, 5.41) is 10.1. The Kier molecular flexibility index (Phi) is 5.81. The summed E-state index contributed by atoms with van der Waals surface area (Å²) in [6.07, 6.45) is 7.75. The number of hydrogen-bond donors (Lipinski definition) is 1. The van der Waals surface area contributed by atoms with Gasteiger partial charge in [-0.05, 0) is 24.8 Å². The zero-order chi connectivity index (χ0) is 18.6. The van der Waals surface area contributed by atoms with Gasteiger partial charge in [-0.3, -0.25) is 9.80 Å². The van der Waals surface area contributed by atoms with E-state index in [0.29, 0.717) is 12.1 Å². The van der Waals surface area contributed by atoms with Gasteiger partial charge in [0.25, 0.3) is 0 Å². The summed E-state index contributed by atoms with van der Waals surface area (Å²) in [5.41, 5.74) is 2.56. The number of rotatable bonds is 6. The van der Waals surface area contributed by atoms with Crippen LogP contribution in [0.5, 0.6) is 0 Å². The highest BCUT2D eigenvalue weighted by molar-refractivity contribution is 5.17. The van der Waals surface area contributed by atoms with Crippen LogP contribution < -0.4 is 0 Å². The van der Waals surface area contributed by atoms with Gasteiger partial charge in [0.2, 0.25) is 0 Å². The molecule has 1 aromatic carbocycles. The zero-order valence-electron chi connectivity index (χ0n) is 16.2. The van der Waals surface area contributed by atoms with Gasteiger partial charge in [-0.1, -0.05) is 37.3 Å². The Balaban J connectivity index is 1.49. The molecule has 5 nitrogen and oxygen atoms in total. The highest BCUT2D eigenvalue weighted by Crippen LogP contribution is 2.27. The van der Waals surface area contributed by atoms with Crippen LogP contribution in [0.25, 0.3) is 0 Å². The molecule has 0 aliphatic carbocycles. The molecule has 0 radical (unpaired) electrons. The highest BCUT2D eigenvalue weighted by Gasteiger charge is 2.39. The van der Waals surface area contributed by atoms with E-state index in [1.54, 1.807) is 0 Å². The minimum absolute atomic E-state index is 0.177. The van der Waals surface area contributed by atoms with Crippen LogP contribution in [0.1, 0.15) is 36.7 Å². The molecule has 2 aliphatic rings. The molecule has 1 N–H and O–H groups in total. The predicted molar refractivity (Wildman–Crippen MR) is 106 cm³/mol. The molecule has 2 fully saturated rings. The fourth-order valence-electron chi connectivity index (χ4n) is 4.50. The maximum absolute atomic E-state index is 10.1. The SMILES string of the molecule is CCCc1ncc(CN2C[C@@H]3C[C@@H](O)CN3C[C@H]2Cc2ccccc2)cn1. The molecule has 5 heteroatoms. The van der Waals surface area contributed by atoms with Crippen LogP contribution >= 0.6 is 0 Å². The Hall–Kier alpha value is -1.82. The van der Waals surface area contributed by atoms with E-state index in [1.165, 1.54) is 11.1 Å². The summed E-state index contributed by atoms with van der Waals surface area (Å²) >= 11 is 0. The molecule has 1 aromatic heterocycles. The van der Waals surface area contributed by atoms with Crippen LogP contribution in [-0.2, 0) is 19.4 Å². The fourth-order valence-corrected chi connectivity index (χ4v) is 4.50. The molecule has 144 valence electrons. The van der Waals surface area contributed by atoms with Gasteiger partial charge in [-0.15, -0.1) is 0 Å². The maximum atomic E-state index is 10.1. The second-order valence-electron chi connectivity index (χ2n) is 8.03. The number of hydrogen-bond acceptors (Lipinski definition) is 5. The molecular weight excluding hydrogens is 336 g/mol. The minimum atomic E-state index is -0.177. The van der Waals surface area contributed by atoms with E-state index in [-0.39, 0.29) is 6.10 Å². The molecule has 0 bridgehead atoms. The lowest BCUT2D eigenvalue weighted by Gasteiger charge is -2.43. The van der Waals surface area contributed by atoms with Crippen LogP contribution in [0.2, 0.25) is 0 Å². The van der Waals surface area contributed by atoms with Gasteiger partial charge in [0.15, 0.2) is 0 Å². The summed E-state index contributed by atoms with van der Waals surface area (Å²) in [7, 11) is 0.